The van der Waals surface area contributed by atoms with Crippen molar-refractivity contribution >= 4 is 22.5 Å². The third-order valence-corrected chi connectivity index (χ3v) is 3.96. The molecular weight excluding hydrogens is 339 g/mol. The first kappa shape index (κ1) is 15.5. The lowest BCUT2D eigenvalue weighted by Gasteiger charge is -2.10. The van der Waals surface area contributed by atoms with Crippen LogP contribution in [0.2, 0.25) is 5.02 Å². The normalized spacial score (nSPS) is 10.8. The molecule has 1 aromatic heterocycles. The Balaban J connectivity index is 1.87. The molecule has 1 heterocycles. The van der Waals surface area contributed by atoms with Gasteiger partial charge in [0.2, 0.25) is 5.88 Å². The quantitative estimate of drug-likeness (QED) is 0.462. The number of fused-ring (bicyclic) bond motifs is 1. The molecule has 4 rings (SSSR count). The number of halogens is 2. The first-order chi connectivity index (χ1) is 12.2. The molecule has 3 aromatic carbocycles. The van der Waals surface area contributed by atoms with E-state index in [0.29, 0.717) is 27.7 Å². The van der Waals surface area contributed by atoms with Gasteiger partial charge >= 0.3 is 0 Å². The van der Waals surface area contributed by atoms with Crippen molar-refractivity contribution in [2.75, 3.05) is 0 Å². The minimum absolute atomic E-state index is 0.278. The highest BCUT2D eigenvalue weighted by Crippen LogP contribution is 2.31. The average Bonchev–Trinajstić information content (AvgIpc) is 2.64. The molecule has 3 nitrogen and oxygen atoms in total. The lowest BCUT2D eigenvalue weighted by molar-refractivity contribution is 0.469. The maximum absolute atomic E-state index is 14.1. The number of aromatic nitrogens is 2. The van der Waals surface area contributed by atoms with E-state index in [4.69, 9.17) is 16.3 Å². The van der Waals surface area contributed by atoms with Gasteiger partial charge in [0.05, 0.1) is 16.5 Å². The monoisotopic (exact) mass is 350 g/mol. The van der Waals surface area contributed by atoms with Gasteiger partial charge in [0, 0.05) is 5.02 Å². The molecule has 0 radical (unpaired) electrons. The maximum atomic E-state index is 14.1. The third kappa shape index (κ3) is 3.16. The molecule has 0 unspecified atom stereocenters. The van der Waals surface area contributed by atoms with Crippen LogP contribution in [0, 0.1) is 5.82 Å². The highest BCUT2D eigenvalue weighted by molar-refractivity contribution is 6.30. The van der Waals surface area contributed by atoms with Crippen LogP contribution in [0.1, 0.15) is 0 Å². The van der Waals surface area contributed by atoms with Crippen molar-refractivity contribution in [3.63, 3.8) is 0 Å². The summed E-state index contributed by atoms with van der Waals surface area (Å²) in [6.45, 7) is 0. The summed E-state index contributed by atoms with van der Waals surface area (Å²) in [6.07, 6.45) is 0. The summed E-state index contributed by atoms with van der Waals surface area (Å²) in [7, 11) is 0. The van der Waals surface area contributed by atoms with Gasteiger partial charge in [-0.15, -0.1) is 0 Å². The Hall–Kier alpha value is -2.98. The van der Waals surface area contributed by atoms with Crippen molar-refractivity contribution in [2.24, 2.45) is 0 Å². The molecule has 5 heteroatoms. The molecule has 0 spiro atoms. The van der Waals surface area contributed by atoms with Crippen LogP contribution in [-0.4, -0.2) is 9.97 Å². The van der Waals surface area contributed by atoms with Crippen LogP contribution < -0.4 is 4.74 Å². The zero-order valence-electron chi connectivity index (χ0n) is 13.0. The van der Waals surface area contributed by atoms with Crippen molar-refractivity contribution in [1.29, 1.82) is 0 Å². The SMILES string of the molecule is Fc1ccccc1-c1nc(Oc2ccc(Cl)cc2)c2ccccc2n1. The molecule has 0 atom stereocenters. The predicted molar refractivity (Wildman–Crippen MR) is 96.5 cm³/mol. The van der Waals surface area contributed by atoms with Gasteiger partial charge in [0.1, 0.15) is 11.6 Å². The standard InChI is InChI=1S/C20H12ClFN2O/c21-13-9-11-14(12-10-13)25-20-16-6-2-4-8-18(16)23-19(24-20)15-5-1-3-7-17(15)22/h1-12H. The molecule has 0 N–H and O–H groups in total. The van der Waals surface area contributed by atoms with Crippen molar-refractivity contribution < 1.29 is 9.13 Å². The summed E-state index contributed by atoms with van der Waals surface area (Å²) in [5, 5.41) is 1.37. The van der Waals surface area contributed by atoms with Crippen LogP contribution >= 0.6 is 11.6 Å². The zero-order chi connectivity index (χ0) is 17.2. The number of hydrogen-bond donors (Lipinski definition) is 0. The van der Waals surface area contributed by atoms with E-state index in [9.17, 15) is 4.39 Å². The van der Waals surface area contributed by atoms with Gasteiger partial charge < -0.3 is 4.74 Å². The summed E-state index contributed by atoms with van der Waals surface area (Å²) in [4.78, 5) is 8.91. The van der Waals surface area contributed by atoms with Crippen LogP contribution in [0.15, 0.2) is 72.8 Å². The number of rotatable bonds is 3. The molecule has 0 saturated carbocycles. The van der Waals surface area contributed by atoms with E-state index in [2.05, 4.69) is 9.97 Å². The van der Waals surface area contributed by atoms with E-state index in [1.54, 1.807) is 42.5 Å². The minimum Gasteiger partial charge on any atom is -0.438 e. The van der Waals surface area contributed by atoms with Gasteiger partial charge in [-0.05, 0) is 48.5 Å². The van der Waals surface area contributed by atoms with E-state index < -0.39 is 0 Å². The van der Waals surface area contributed by atoms with Crippen LogP contribution in [0.4, 0.5) is 4.39 Å². The number of nitrogens with zero attached hydrogens (tertiary/aromatic N) is 2. The first-order valence-corrected chi connectivity index (χ1v) is 8.03. The van der Waals surface area contributed by atoms with Gasteiger partial charge in [-0.25, -0.2) is 9.37 Å². The second-order valence-corrected chi connectivity index (χ2v) is 5.84. The second kappa shape index (κ2) is 6.49. The fourth-order valence-corrected chi connectivity index (χ4v) is 2.63. The third-order valence-electron chi connectivity index (χ3n) is 3.71. The van der Waals surface area contributed by atoms with E-state index >= 15 is 0 Å². The largest absolute Gasteiger partial charge is 0.438 e. The van der Waals surface area contributed by atoms with Crippen molar-refractivity contribution in [2.45, 2.75) is 0 Å². The molecule has 0 fully saturated rings. The highest BCUT2D eigenvalue weighted by Gasteiger charge is 2.13. The van der Waals surface area contributed by atoms with Gasteiger partial charge in [0.25, 0.3) is 0 Å². The van der Waals surface area contributed by atoms with E-state index in [-0.39, 0.29) is 11.6 Å². The zero-order valence-corrected chi connectivity index (χ0v) is 13.7. The minimum atomic E-state index is -0.379. The Bertz CT molecular complexity index is 1050. The summed E-state index contributed by atoms with van der Waals surface area (Å²) in [5.74, 6) is 0.856. The molecule has 0 saturated heterocycles. The molecule has 4 aromatic rings. The maximum Gasteiger partial charge on any atom is 0.230 e. The lowest BCUT2D eigenvalue weighted by Crippen LogP contribution is -1.97. The number of hydrogen-bond acceptors (Lipinski definition) is 3. The number of para-hydroxylation sites is 1. The van der Waals surface area contributed by atoms with Crippen molar-refractivity contribution in [3.05, 3.63) is 83.6 Å². The summed E-state index contributed by atoms with van der Waals surface area (Å²) in [5.41, 5.74) is 1.01. The van der Waals surface area contributed by atoms with Gasteiger partial charge in [0.15, 0.2) is 5.82 Å². The molecule has 0 bridgehead atoms. The van der Waals surface area contributed by atoms with Crippen molar-refractivity contribution in [3.8, 4) is 23.0 Å². The fraction of sp³-hybridized carbons (Fsp3) is 0. The Labute approximate surface area is 148 Å². The molecule has 0 aliphatic rings. The van der Waals surface area contributed by atoms with Gasteiger partial charge in [-0.2, -0.15) is 4.98 Å². The Morgan fingerprint density at radius 1 is 0.800 bits per heavy atom. The van der Waals surface area contributed by atoms with Gasteiger partial charge in [-0.1, -0.05) is 35.9 Å². The fourth-order valence-electron chi connectivity index (χ4n) is 2.50. The molecular formula is C20H12ClFN2O. The van der Waals surface area contributed by atoms with Gasteiger partial charge in [-0.3, -0.25) is 0 Å². The van der Waals surface area contributed by atoms with Crippen LogP contribution in [0.5, 0.6) is 11.6 Å². The Kier molecular flexibility index (Phi) is 4.04. The smallest absolute Gasteiger partial charge is 0.230 e. The van der Waals surface area contributed by atoms with Crippen LogP contribution in [0.3, 0.4) is 0 Å². The second-order valence-electron chi connectivity index (χ2n) is 5.41. The highest BCUT2D eigenvalue weighted by atomic mass is 35.5. The van der Waals surface area contributed by atoms with Crippen molar-refractivity contribution in [1.82, 2.24) is 9.97 Å². The van der Waals surface area contributed by atoms with Crippen LogP contribution in [0.25, 0.3) is 22.3 Å². The lowest BCUT2D eigenvalue weighted by atomic mass is 10.2. The van der Waals surface area contributed by atoms with E-state index in [0.717, 1.165) is 5.39 Å². The van der Waals surface area contributed by atoms with Crippen LogP contribution in [-0.2, 0) is 0 Å². The number of ether oxygens (including phenoxy) is 1. The molecule has 0 aliphatic heterocycles. The predicted octanol–water partition coefficient (Wildman–Crippen LogP) is 5.88. The Morgan fingerprint density at radius 2 is 1.52 bits per heavy atom. The summed E-state index contributed by atoms with van der Waals surface area (Å²) in [6, 6.07) is 20.8. The Morgan fingerprint density at radius 3 is 2.32 bits per heavy atom. The average molecular weight is 351 g/mol. The van der Waals surface area contributed by atoms with E-state index in [1.165, 1.54) is 6.07 Å². The molecule has 0 aliphatic carbocycles. The summed E-state index contributed by atoms with van der Waals surface area (Å²) < 4.78 is 20.1. The number of benzene rings is 3. The van der Waals surface area contributed by atoms with E-state index in [1.807, 2.05) is 24.3 Å². The summed E-state index contributed by atoms with van der Waals surface area (Å²) >= 11 is 5.91. The topological polar surface area (TPSA) is 35.0 Å². The molecule has 122 valence electrons. The molecule has 25 heavy (non-hydrogen) atoms. The molecule has 0 amide bonds. The first-order valence-electron chi connectivity index (χ1n) is 7.66.